The Morgan fingerprint density at radius 2 is 1.73 bits per heavy atom. The topological polar surface area (TPSA) is 91.0 Å². The van der Waals surface area contributed by atoms with Crippen LogP contribution in [0.3, 0.4) is 0 Å². The van der Waals surface area contributed by atoms with Gasteiger partial charge in [0.25, 0.3) is 11.1 Å². The summed E-state index contributed by atoms with van der Waals surface area (Å²) < 4.78 is 102. The molecule has 236 valence electrons. The first-order valence-electron chi connectivity index (χ1n) is 13.0. The smallest absolute Gasteiger partial charge is 0.378 e. The number of pyridine rings is 2. The van der Waals surface area contributed by atoms with E-state index in [0.717, 1.165) is 31.4 Å². The van der Waals surface area contributed by atoms with Crippen molar-refractivity contribution in [3.05, 3.63) is 86.6 Å². The molecule has 0 aliphatic carbocycles. The molecule has 3 heterocycles. The molecule has 4 aromatic rings. The Balaban J connectivity index is 1.53. The zero-order valence-electron chi connectivity index (χ0n) is 22.9. The zero-order chi connectivity index (χ0) is 32.4. The first-order chi connectivity index (χ1) is 20.6. The van der Waals surface area contributed by atoms with E-state index in [0.29, 0.717) is 16.3 Å². The molecule has 0 aliphatic rings. The molecule has 3 aromatic heterocycles. The SMILES string of the molecule is Cn1ncc(N[C@H](CCCn2ccc3cc(-c4ccc(C(F)(F)F)cn4)c(F)cc3c2=O)COC(P)P)c(C(F)(F)F)c1=O. The molecule has 3 atom stereocenters. The monoisotopic (exact) mass is 663 g/mol. The Morgan fingerprint density at radius 1 is 1.00 bits per heavy atom. The van der Waals surface area contributed by atoms with Crippen molar-refractivity contribution in [3.63, 3.8) is 0 Å². The standard InChI is InChI=1S/C27H26F7N5O3P2/c1-38-24(41)22(27(32,33)34)21(12-36-38)37-16(13-42-25(43)44)3-2-7-39-8-6-14-9-18(19(28)10-17(14)23(39)40)20-5-4-15(11-35-20)26(29,30)31/h4-6,8-12,16,25,37H,2-3,7,13,43-44H2,1H3/t16-/m1/s1. The van der Waals surface area contributed by atoms with Crippen LogP contribution in [0.2, 0.25) is 0 Å². The van der Waals surface area contributed by atoms with Gasteiger partial charge in [-0.25, -0.2) is 9.07 Å². The molecule has 0 aliphatic heterocycles. The number of anilines is 1. The summed E-state index contributed by atoms with van der Waals surface area (Å²) in [4.78, 5) is 29.0. The van der Waals surface area contributed by atoms with E-state index in [1.165, 1.54) is 22.9 Å². The fourth-order valence-electron chi connectivity index (χ4n) is 4.47. The van der Waals surface area contributed by atoms with Crippen LogP contribution in [0.5, 0.6) is 0 Å². The normalized spacial score (nSPS) is 13.1. The number of benzene rings is 1. The van der Waals surface area contributed by atoms with Gasteiger partial charge in [0, 0.05) is 37.6 Å². The number of fused-ring (bicyclic) bond motifs is 1. The molecule has 17 heteroatoms. The summed E-state index contributed by atoms with van der Waals surface area (Å²) in [6.45, 7) is 0.0751. The van der Waals surface area contributed by atoms with E-state index in [9.17, 15) is 40.3 Å². The Kier molecular flexibility index (Phi) is 10.1. The highest BCUT2D eigenvalue weighted by molar-refractivity contribution is 7.37. The van der Waals surface area contributed by atoms with Gasteiger partial charge in [-0.15, -0.1) is 18.5 Å². The van der Waals surface area contributed by atoms with E-state index in [2.05, 4.69) is 33.9 Å². The number of halogens is 7. The van der Waals surface area contributed by atoms with E-state index in [4.69, 9.17) is 4.74 Å². The number of nitrogens with zero attached hydrogens (tertiary/aromatic N) is 4. The van der Waals surface area contributed by atoms with Crippen LogP contribution < -0.4 is 16.4 Å². The lowest BCUT2D eigenvalue weighted by Crippen LogP contribution is -2.34. The van der Waals surface area contributed by atoms with Gasteiger partial charge in [-0.1, -0.05) is 0 Å². The van der Waals surface area contributed by atoms with Crippen LogP contribution >= 0.6 is 18.5 Å². The largest absolute Gasteiger partial charge is 0.423 e. The van der Waals surface area contributed by atoms with Crippen LogP contribution in [0, 0.1) is 5.82 Å². The summed E-state index contributed by atoms with van der Waals surface area (Å²) in [6.07, 6.45) is -6.08. The highest BCUT2D eigenvalue weighted by Crippen LogP contribution is 2.33. The van der Waals surface area contributed by atoms with Gasteiger partial charge in [0.05, 0.1) is 40.7 Å². The lowest BCUT2D eigenvalue weighted by Gasteiger charge is -2.23. The maximum absolute atomic E-state index is 15.0. The van der Waals surface area contributed by atoms with Gasteiger partial charge in [-0.3, -0.25) is 14.6 Å². The van der Waals surface area contributed by atoms with Crippen LogP contribution in [0.4, 0.5) is 36.4 Å². The van der Waals surface area contributed by atoms with Gasteiger partial charge in [0.1, 0.15) is 11.4 Å². The zero-order valence-corrected chi connectivity index (χ0v) is 25.2. The van der Waals surface area contributed by atoms with Crippen molar-refractivity contribution in [2.45, 2.75) is 43.4 Å². The minimum absolute atomic E-state index is 0.0218. The molecular weight excluding hydrogens is 637 g/mol. The van der Waals surface area contributed by atoms with Crippen molar-refractivity contribution in [2.75, 3.05) is 11.9 Å². The van der Waals surface area contributed by atoms with E-state index >= 15 is 0 Å². The van der Waals surface area contributed by atoms with Crippen molar-refractivity contribution in [3.8, 4) is 11.3 Å². The molecule has 0 amide bonds. The molecule has 0 radical (unpaired) electrons. The molecule has 0 fully saturated rings. The minimum Gasteiger partial charge on any atom is -0.378 e. The highest BCUT2D eigenvalue weighted by Gasteiger charge is 2.38. The Labute approximate surface area is 250 Å². The molecule has 4 rings (SSSR count). The molecular formula is C27H26F7N5O3P2. The average Bonchev–Trinajstić information content (AvgIpc) is 2.93. The summed E-state index contributed by atoms with van der Waals surface area (Å²) in [7, 11) is 5.83. The van der Waals surface area contributed by atoms with Gasteiger partial charge in [-0.05, 0) is 48.6 Å². The lowest BCUT2D eigenvalue weighted by molar-refractivity contribution is -0.139. The Hall–Kier alpha value is -3.41. The summed E-state index contributed by atoms with van der Waals surface area (Å²) in [5.41, 5.74) is -5.26. The number of nitrogens with one attached hydrogen (secondary N) is 1. The summed E-state index contributed by atoms with van der Waals surface area (Å²) in [5, 5.41) is 6.74. The van der Waals surface area contributed by atoms with Crippen molar-refractivity contribution in [1.29, 1.82) is 0 Å². The molecule has 1 N–H and O–H groups in total. The first-order valence-corrected chi connectivity index (χ1v) is 14.3. The number of hydrogen-bond acceptors (Lipinski definition) is 6. The second-order valence-electron chi connectivity index (χ2n) is 9.80. The number of rotatable bonds is 10. The van der Waals surface area contributed by atoms with E-state index in [1.54, 1.807) is 0 Å². The van der Waals surface area contributed by atoms with Crippen molar-refractivity contribution in [1.82, 2.24) is 19.3 Å². The van der Waals surface area contributed by atoms with Crippen LogP contribution in [-0.2, 0) is 30.7 Å². The molecule has 44 heavy (non-hydrogen) atoms. The molecule has 0 bridgehead atoms. The van der Waals surface area contributed by atoms with Gasteiger partial charge in [-0.2, -0.15) is 31.4 Å². The second-order valence-corrected chi connectivity index (χ2v) is 11.9. The molecule has 0 saturated heterocycles. The fourth-order valence-corrected chi connectivity index (χ4v) is 4.70. The van der Waals surface area contributed by atoms with Crippen LogP contribution in [-0.4, -0.2) is 37.6 Å². The predicted octanol–water partition coefficient (Wildman–Crippen LogP) is 5.65. The predicted molar refractivity (Wildman–Crippen MR) is 157 cm³/mol. The number of ether oxygens (including phenoxy) is 1. The fraction of sp³-hybridized carbons (Fsp3) is 0.333. The quantitative estimate of drug-likeness (QED) is 0.175. The third kappa shape index (κ3) is 7.80. The van der Waals surface area contributed by atoms with Gasteiger partial charge in [0.2, 0.25) is 0 Å². The number of alkyl halides is 6. The lowest BCUT2D eigenvalue weighted by atomic mass is 10.0. The first kappa shape index (κ1) is 33.5. The van der Waals surface area contributed by atoms with Gasteiger partial charge < -0.3 is 14.6 Å². The number of hydrogen-bond donors (Lipinski definition) is 1. The van der Waals surface area contributed by atoms with E-state index < -0.39 is 57.7 Å². The molecule has 0 spiro atoms. The second kappa shape index (κ2) is 13.3. The molecule has 0 saturated carbocycles. The third-order valence-corrected chi connectivity index (χ3v) is 7.04. The van der Waals surface area contributed by atoms with Gasteiger partial charge >= 0.3 is 12.4 Å². The van der Waals surface area contributed by atoms with E-state index in [1.807, 2.05) is 0 Å². The number of aryl methyl sites for hydroxylation is 2. The van der Waals surface area contributed by atoms with Crippen molar-refractivity contribution in [2.24, 2.45) is 7.05 Å². The molecule has 2 unspecified atom stereocenters. The van der Waals surface area contributed by atoms with Crippen LogP contribution in [0.1, 0.15) is 24.0 Å². The summed E-state index contributed by atoms with van der Waals surface area (Å²) in [6, 6.07) is 4.97. The van der Waals surface area contributed by atoms with Crippen LogP contribution in [0.15, 0.2) is 58.5 Å². The Morgan fingerprint density at radius 3 is 2.34 bits per heavy atom. The highest BCUT2D eigenvalue weighted by atomic mass is 31.1. The maximum Gasteiger partial charge on any atom is 0.423 e. The maximum atomic E-state index is 15.0. The summed E-state index contributed by atoms with van der Waals surface area (Å²) in [5.74, 6) is -0.853. The van der Waals surface area contributed by atoms with Gasteiger partial charge in [0.15, 0.2) is 0 Å². The number of aromatic nitrogens is 4. The molecule has 8 nitrogen and oxygen atoms in total. The minimum atomic E-state index is -4.94. The van der Waals surface area contributed by atoms with E-state index in [-0.39, 0.29) is 42.6 Å². The third-order valence-electron chi connectivity index (χ3n) is 6.65. The average molecular weight is 663 g/mol. The van der Waals surface area contributed by atoms with Crippen molar-refractivity contribution < 1.29 is 35.5 Å². The summed E-state index contributed by atoms with van der Waals surface area (Å²) >= 11 is 0. The molecule has 1 aromatic carbocycles. The van der Waals surface area contributed by atoms with Crippen molar-refractivity contribution >= 4 is 34.9 Å². The van der Waals surface area contributed by atoms with Crippen LogP contribution in [0.25, 0.3) is 22.0 Å². The Bertz CT molecular complexity index is 1760.